The minimum Gasteiger partial charge on any atom is -0.326 e. The standard InChI is InChI=1S/C26H26N2O3/c1-15-7-3-5-9-19(15)21(14-22(29)27-20-10-6-4-8-16(20)2)28-25(30)23-17-11-12-18(13-17)24(23)26(28)31/h3-12,17-18,21,23-24H,13-14H2,1-2H3,(H,27,29). The third-order valence-electron chi connectivity index (χ3n) is 7.16. The largest absolute Gasteiger partial charge is 0.326 e. The molecule has 31 heavy (non-hydrogen) atoms. The summed E-state index contributed by atoms with van der Waals surface area (Å²) in [6, 6.07) is 14.7. The van der Waals surface area contributed by atoms with Crippen molar-refractivity contribution in [3.05, 3.63) is 77.4 Å². The summed E-state index contributed by atoms with van der Waals surface area (Å²) in [7, 11) is 0. The first-order valence-corrected chi connectivity index (χ1v) is 10.9. The Balaban J connectivity index is 1.47. The number of nitrogens with one attached hydrogen (secondary N) is 1. The highest BCUT2D eigenvalue weighted by Gasteiger charge is 2.60. The number of aryl methyl sites for hydroxylation is 2. The maximum Gasteiger partial charge on any atom is 0.234 e. The molecule has 5 rings (SSSR count). The number of imide groups is 1. The Labute approximate surface area is 182 Å². The summed E-state index contributed by atoms with van der Waals surface area (Å²) < 4.78 is 0. The van der Waals surface area contributed by atoms with E-state index in [2.05, 4.69) is 17.5 Å². The summed E-state index contributed by atoms with van der Waals surface area (Å²) in [5, 5.41) is 2.96. The van der Waals surface area contributed by atoms with Crippen LogP contribution in [0.15, 0.2) is 60.7 Å². The second kappa shape index (κ2) is 7.49. The maximum absolute atomic E-state index is 13.4. The number of carbonyl (C=O) groups excluding carboxylic acids is 3. The molecule has 158 valence electrons. The van der Waals surface area contributed by atoms with Crippen molar-refractivity contribution in [1.82, 2.24) is 4.90 Å². The van der Waals surface area contributed by atoms with E-state index in [-0.39, 0.29) is 47.8 Å². The van der Waals surface area contributed by atoms with Crippen molar-refractivity contribution in [2.24, 2.45) is 23.7 Å². The van der Waals surface area contributed by atoms with Crippen LogP contribution in [0.2, 0.25) is 0 Å². The van der Waals surface area contributed by atoms with Crippen molar-refractivity contribution in [3.8, 4) is 0 Å². The molecule has 3 aliphatic rings. The Hall–Kier alpha value is -3.21. The number of para-hydroxylation sites is 1. The molecule has 2 fully saturated rings. The lowest BCUT2D eigenvalue weighted by atomic mass is 9.85. The minimum absolute atomic E-state index is 0.0405. The van der Waals surface area contributed by atoms with Crippen molar-refractivity contribution in [3.63, 3.8) is 0 Å². The fourth-order valence-electron chi connectivity index (χ4n) is 5.62. The van der Waals surface area contributed by atoms with Gasteiger partial charge in [-0.15, -0.1) is 0 Å². The van der Waals surface area contributed by atoms with Gasteiger partial charge in [0.1, 0.15) is 0 Å². The summed E-state index contributed by atoms with van der Waals surface area (Å²) in [5.41, 5.74) is 3.53. The van der Waals surface area contributed by atoms with Gasteiger partial charge in [-0.1, -0.05) is 54.6 Å². The van der Waals surface area contributed by atoms with Crippen LogP contribution in [0.25, 0.3) is 0 Å². The molecule has 2 bridgehead atoms. The van der Waals surface area contributed by atoms with Gasteiger partial charge in [-0.3, -0.25) is 19.3 Å². The fraction of sp³-hybridized carbons (Fsp3) is 0.346. The van der Waals surface area contributed by atoms with Crippen LogP contribution in [0, 0.1) is 37.5 Å². The van der Waals surface area contributed by atoms with Gasteiger partial charge in [-0.05, 0) is 54.9 Å². The summed E-state index contributed by atoms with van der Waals surface area (Å²) >= 11 is 0. The van der Waals surface area contributed by atoms with Crippen molar-refractivity contribution in [1.29, 1.82) is 0 Å². The highest BCUT2D eigenvalue weighted by Crippen LogP contribution is 2.54. The number of hydrogen-bond donors (Lipinski definition) is 1. The lowest BCUT2D eigenvalue weighted by molar-refractivity contribution is -0.144. The molecule has 1 saturated carbocycles. The zero-order valence-corrected chi connectivity index (χ0v) is 17.7. The first-order chi connectivity index (χ1) is 15.0. The van der Waals surface area contributed by atoms with Crippen LogP contribution in [-0.4, -0.2) is 22.6 Å². The van der Waals surface area contributed by atoms with Crippen LogP contribution in [0.1, 0.15) is 35.6 Å². The van der Waals surface area contributed by atoms with E-state index in [1.54, 1.807) is 0 Å². The lowest BCUT2D eigenvalue weighted by Crippen LogP contribution is -2.38. The summed E-state index contributed by atoms with van der Waals surface area (Å²) in [4.78, 5) is 41.3. The van der Waals surface area contributed by atoms with E-state index in [4.69, 9.17) is 0 Å². The summed E-state index contributed by atoms with van der Waals surface area (Å²) in [6.45, 7) is 3.89. The molecule has 0 aromatic heterocycles. The lowest BCUT2D eigenvalue weighted by Gasteiger charge is -2.29. The molecule has 5 atom stereocenters. The van der Waals surface area contributed by atoms with E-state index < -0.39 is 6.04 Å². The minimum atomic E-state index is -0.602. The molecule has 2 aromatic rings. The van der Waals surface area contributed by atoms with Crippen LogP contribution in [0.3, 0.4) is 0 Å². The topological polar surface area (TPSA) is 66.5 Å². The predicted octanol–water partition coefficient (Wildman–Crippen LogP) is 4.18. The Kier molecular flexibility index (Phi) is 4.77. The molecule has 5 heteroatoms. The van der Waals surface area contributed by atoms with Crippen LogP contribution in [0.5, 0.6) is 0 Å². The van der Waals surface area contributed by atoms with Crippen molar-refractivity contribution < 1.29 is 14.4 Å². The van der Waals surface area contributed by atoms with E-state index in [1.165, 1.54) is 4.90 Å². The molecule has 1 aliphatic heterocycles. The van der Waals surface area contributed by atoms with Gasteiger partial charge in [-0.2, -0.15) is 0 Å². The molecular formula is C26H26N2O3. The number of fused-ring (bicyclic) bond motifs is 5. The number of carbonyl (C=O) groups is 3. The fourth-order valence-corrected chi connectivity index (χ4v) is 5.62. The Morgan fingerprint density at radius 1 is 0.935 bits per heavy atom. The number of rotatable bonds is 5. The number of amides is 3. The van der Waals surface area contributed by atoms with E-state index in [1.807, 2.05) is 62.4 Å². The zero-order valence-electron chi connectivity index (χ0n) is 17.7. The van der Waals surface area contributed by atoms with E-state index >= 15 is 0 Å². The average Bonchev–Trinajstić information content (AvgIpc) is 3.43. The average molecular weight is 415 g/mol. The molecule has 5 nitrogen and oxygen atoms in total. The van der Waals surface area contributed by atoms with Gasteiger partial charge in [0.2, 0.25) is 17.7 Å². The molecule has 1 saturated heterocycles. The monoisotopic (exact) mass is 414 g/mol. The van der Waals surface area contributed by atoms with Crippen molar-refractivity contribution >= 4 is 23.4 Å². The first-order valence-electron chi connectivity index (χ1n) is 10.9. The van der Waals surface area contributed by atoms with Gasteiger partial charge in [0, 0.05) is 5.69 Å². The summed E-state index contributed by atoms with van der Waals surface area (Å²) in [6.07, 6.45) is 5.12. The molecule has 3 amide bonds. The number of anilines is 1. The number of nitrogens with zero attached hydrogens (tertiary/aromatic N) is 1. The molecule has 1 heterocycles. The smallest absolute Gasteiger partial charge is 0.234 e. The Morgan fingerprint density at radius 2 is 1.52 bits per heavy atom. The van der Waals surface area contributed by atoms with Gasteiger partial charge in [-0.25, -0.2) is 0 Å². The van der Waals surface area contributed by atoms with E-state index in [0.717, 1.165) is 28.8 Å². The maximum atomic E-state index is 13.4. The molecule has 0 radical (unpaired) electrons. The normalized spacial score (nSPS) is 27.0. The molecule has 0 spiro atoms. The first kappa shape index (κ1) is 19.7. The molecule has 2 aromatic carbocycles. The third-order valence-corrected chi connectivity index (χ3v) is 7.16. The molecule has 5 unspecified atom stereocenters. The van der Waals surface area contributed by atoms with Crippen molar-refractivity contribution in [2.45, 2.75) is 32.7 Å². The van der Waals surface area contributed by atoms with Gasteiger partial charge < -0.3 is 5.32 Å². The Morgan fingerprint density at radius 3 is 2.13 bits per heavy atom. The molecular weight excluding hydrogens is 388 g/mol. The van der Waals surface area contributed by atoms with Gasteiger partial charge in [0.15, 0.2) is 0 Å². The van der Waals surface area contributed by atoms with Gasteiger partial charge >= 0.3 is 0 Å². The SMILES string of the molecule is Cc1ccccc1NC(=O)CC(c1ccccc1C)N1C(=O)C2C3C=CC(C3)C2C1=O. The Bertz CT molecular complexity index is 1080. The molecule has 2 aliphatic carbocycles. The highest BCUT2D eigenvalue weighted by atomic mass is 16.2. The zero-order chi connectivity index (χ0) is 21.7. The van der Waals surface area contributed by atoms with E-state index in [9.17, 15) is 14.4 Å². The van der Waals surface area contributed by atoms with E-state index in [0.29, 0.717) is 0 Å². The van der Waals surface area contributed by atoms with Crippen LogP contribution in [0.4, 0.5) is 5.69 Å². The van der Waals surface area contributed by atoms with Gasteiger partial charge in [0.25, 0.3) is 0 Å². The molecule has 1 N–H and O–H groups in total. The van der Waals surface area contributed by atoms with Gasteiger partial charge in [0.05, 0.1) is 24.3 Å². The van der Waals surface area contributed by atoms with Crippen LogP contribution < -0.4 is 5.32 Å². The number of benzene rings is 2. The van der Waals surface area contributed by atoms with Crippen LogP contribution in [-0.2, 0) is 14.4 Å². The quantitative estimate of drug-likeness (QED) is 0.590. The summed E-state index contributed by atoms with van der Waals surface area (Å²) in [5.74, 6) is -0.694. The second-order valence-electron chi connectivity index (χ2n) is 8.99. The number of hydrogen-bond acceptors (Lipinski definition) is 3. The predicted molar refractivity (Wildman–Crippen MR) is 118 cm³/mol. The third kappa shape index (κ3) is 3.19. The number of allylic oxidation sites excluding steroid dienone is 2. The number of likely N-dealkylation sites (tertiary alicyclic amines) is 1. The van der Waals surface area contributed by atoms with Crippen LogP contribution >= 0.6 is 0 Å². The highest BCUT2D eigenvalue weighted by molar-refractivity contribution is 6.07. The second-order valence-corrected chi connectivity index (χ2v) is 8.99. The van der Waals surface area contributed by atoms with Crippen molar-refractivity contribution in [2.75, 3.05) is 5.32 Å².